The first-order chi connectivity index (χ1) is 14.5. The monoisotopic (exact) mass is 422 g/mol. The summed E-state index contributed by atoms with van der Waals surface area (Å²) in [4.78, 5) is 27.5. The summed E-state index contributed by atoms with van der Waals surface area (Å²) in [6.45, 7) is 4.27. The van der Waals surface area contributed by atoms with Gasteiger partial charge in [0, 0.05) is 42.5 Å². The Labute approximate surface area is 180 Å². The number of nitrogens with one attached hydrogen (secondary N) is 1. The molecular weight excluding hydrogens is 400 g/mol. The number of nitrogens with zero attached hydrogens (tertiary/aromatic N) is 3. The van der Waals surface area contributed by atoms with Gasteiger partial charge in [-0.05, 0) is 43.2 Å². The molecule has 3 aromatic rings. The van der Waals surface area contributed by atoms with E-state index >= 15 is 0 Å². The second-order valence-electron chi connectivity index (χ2n) is 7.57. The lowest BCUT2D eigenvalue weighted by atomic mass is 10.2. The van der Waals surface area contributed by atoms with Crippen molar-refractivity contribution in [3.8, 4) is 5.69 Å². The molecule has 1 saturated heterocycles. The topological polar surface area (TPSA) is 67.2 Å². The van der Waals surface area contributed by atoms with Crippen molar-refractivity contribution in [2.75, 3.05) is 13.1 Å². The van der Waals surface area contributed by atoms with E-state index in [0.717, 1.165) is 31.7 Å². The fourth-order valence-corrected chi connectivity index (χ4v) is 3.86. The van der Waals surface area contributed by atoms with Gasteiger partial charge in [-0.25, -0.2) is 4.68 Å². The van der Waals surface area contributed by atoms with E-state index < -0.39 is 5.91 Å². The molecule has 6 nitrogen and oxygen atoms in total. The average Bonchev–Trinajstić information content (AvgIpc) is 3.16. The van der Waals surface area contributed by atoms with E-state index in [1.807, 2.05) is 18.2 Å². The van der Waals surface area contributed by atoms with Crippen molar-refractivity contribution in [1.29, 1.82) is 0 Å². The van der Waals surface area contributed by atoms with Gasteiger partial charge in [0.25, 0.3) is 5.91 Å². The van der Waals surface area contributed by atoms with Gasteiger partial charge in [0.1, 0.15) is 0 Å². The number of carbonyl (C=O) groups is 1. The fraction of sp³-hybridized carbons (Fsp3) is 0.261. The highest BCUT2D eigenvalue weighted by Gasteiger charge is 2.26. The first-order valence-corrected chi connectivity index (χ1v) is 10.3. The van der Waals surface area contributed by atoms with Crippen LogP contribution in [0.3, 0.4) is 0 Å². The van der Waals surface area contributed by atoms with Gasteiger partial charge in [0.15, 0.2) is 5.69 Å². The molecule has 1 amide bonds. The van der Waals surface area contributed by atoms with E-state index in [0.29, 0.717) is 10.7 Å². The van der Waals surface area contributed by atoms with Crippen LogP contribution >= 0.6 is 11.6 Å². The zero-order valence-corrected chi connectivity index (χ0v) is 17.5. The first-order valence-electron chi connectivity index (χ1n) is 9.93. The summed E-state index contributed by atoms with van der Waals surface area (Å²) < 4.78 is 1.59. The quantitative estimate of drug-likeness (QED) is 0.685. The van der Waals surface area contributed by atoms with Crippen LogP contribution in [0.4, 0.5) is 0 Å². The van der Waals surface area contributed by atoms with Crippen LogP contribution in [-0.2, 0) is 6.54 Å². The normalized spacial score (nSPS) is 16.5. The molecule has 1 N–H and O–H groups in total. The summed E-state index contributed by atoms with van der Waals surface area (Å²) in [5.41, 5.74) is 2.15. The zero-order valence-electron chi connectivity index (χ0n) is 16.7. The number of likely N-dealkylation sites (tertiary alicyclic amines) is 1. The number of hydrogen-bond acceptors (Lipinski definition) is 4. The van der Waals surface area contributed by atoms with Gasteiger partial charge in [-0.3, -0.25) is 14.5 Å². The summed E-state index contributed by atoms with van der Waals surface area (Å²) in [7, 11) is 0. The molecule has 0 aliphatic carbocycles. The molecular formula is C23H23ClN4O2. The van der Waals surface area contributed by atoms with Crippen LogP contribution < -0.4 is 10.7 Å². The van der Waals surface area contributed by atoms with Crippen molar-refractivity contribution in [2.45, 2.75) is 25.9 Å². The number of rotatable bonds is 5. The number of aryl methyl sites for hydroxylation is 1. The Balaban J connectivity index is 1.46. The smallest absolute Gasteiger partial charge is 0.276 e. The lowest BCUT2D eigenvalue weighted by Crippen LogP contribution is -2.40. The van der Waals surface area contributed by atoms with Gasteiger partial charge < -0.3 is 5.32 Å². The molecule has 1 aliphatic heterocycles. The van der Waals surface area contributed by atoms with Crippen molar-refractivity contribution in [3.63, 3.8) is 0 Å². The van der Waals surface area contributed by atoms with Gasteiger partial charge >= 0.3 is 0 Å². The summed E-state index contributed by atoms with van der Waals surface area (Å²) in [6, 6.07) is 18.8. The minimum absolute atomic E-state index is 0.00676. The molecule has 0 unspecified atom stereocenters. The van der Waals surface area contributed by atoms with Crippen molar-refractivity contribution in [3.05, 3.63) is 92.9 Å². The third kappa shape index (κ3) is 4.61. The van der Waals surface area contributed by atoms with Crippen LogP contribution in [0.5, 0.6) is 0 Å². The molecule has 2 aromatic carbocycles. The molecule has 0 spiro atoms. The van der Waals surface area contributed by atoms with Gasteiger partial charge in [-0.1, -0.05) is 41.9 Å². The lowest BCUT2D eigenvalue weighted by Gasteiger charge is -2.17. The van der Waals surface area contributed by atoms with E-state index in [-0.39, 0.29) is 17.2 Å². The van der Waals surface area contributed by atoms with Crippen LogP contribution in [0.1, 0.15) is 28.2 Å². The Kier molecular flexibility index (Phi) is 5.97. The molecule has 2 heterocycles. The van der Waals surface area contributed by atoms with Gasteiger partial charge in [-0.15, -0.1) is 0 Å². The third-order valence-corrected chi connectivity index (χ3v) is 5.50. The lowest BCUT2D eigenvalue weighted by molar-refractivity contribution is 0.0929. The summed E-state index contributed by atoms with van der Waals surface area (Å²) >= 11 is 5.96. The highest BCUT2D eigenvalue weighted by atomic mass is 35.5. The van der Waals surface area contributed by atoms with Gasteiger partial charge in [-0.2, -0.15) is 5.10 Å². The maximum Gasteiger partial charge on any atom is 0.276 e. The van der Waals surface area contributed by atoms with E-state index in [1.54, 1.807) is 35.9 Å². The maximum atomic E-state index is 12.8. The molecule has 0 radical (unpaired) electrons. The summed E-state index contributed by atoms with van der Waals surface area (Å²) in [5, 5.41) is 7.93. The number of aromatic nitrogens is 2. The fourth-order valence-electron chi connectivity index (χ4n) is 3.74. The number of amides is 1. The minimum atomic E-state index is -0.436. The van der Waals surface area contributed by atoms with E-state index in [9.17, 15) is 9.59 Å². The molecule has 0 bridgehead atoms. The number of benzene rings is 2. The standard InChI is InChI=1S/C23H23ClN4O2/c1-16-13-21(29)22(26-28(16)20-9-7-18(24)8-10-20)23(30)25-19-11-12-27(15-19)14-17-5-3-2-4-6-17/h2-10,13,19H,11-12,14-15H2,1H3,(H,25,30)/t19-/m1/s1. The van der Waals surface area contributed by atoms with Crippen LogP contribution in [0.2, 0.25) is 5.02 Å². The van der Waals surface area contributed by atoms with Crippen LogP contribution in [0.25, 0.3) is 5.69 Å². The predicted molar refractivity (Wildman–Crippen MR) is 117 cm³/mol. The van der Waals surface area contributed by atoms with Crippen molar-refractivity contribution >= 4 is 17.5 Å². The van der Waals surface area contributed by atoms with E-state index in [1.165, 1.54) is 11.6 Å². The molecule has 7 heteroatoms. The molecule has 154 valence electrons. The maximum absolute atomic E-state index is 12.8. The molecule has 1 aliphatic rings. The molecule has 1 atom stereocenters. The first kappa shape index (κ1) is 20.3. The SMILES string of the molecule is Cc1cc(=O)c(C(=O)N[C@@H]2CCN(Cc3ccccc3)C2)nn1-c1ccc(Cl)cc1. The van der Waals surface area contributed by atoms with E-state index in [4.69, 9.17) is 11.6 Å². The molecule has 4 rings (SSSR count). The van der Waals surface area contributed by atoms with Crippen LogP contribution in [0.15, 0.2) is 65.5 Å². The highest BCUT2D eigenvalue weighted by Crippen LogP contribution is 2.15. The molecule has 0 saturated carbocycles. The summed E-state index contributed by atoms with van der Waals surface area (Å²) in [5.74, 6) is -0.436. The molecule has 30 heavy (non-hydrogen) atoms. The molecule has 1 fully saturated rings. The Morgan fingerprint density at radius 1 is 1.17 bits per heavy atom. The average molecular weight is 423 g/mol. The van der Waals surface area contributed by atoms with Gasteiger partial charge in [0.2, 0.25) is 5.43 Å². The number of hydrogen-bond donors (Lipinski definition) is 1. The van der Waals surface area contributed by atoms with Gasteiger partial charge in [0.05, 0.1) is 5.69 Å². The second kappa shape index (κ2) is 8.81. The Morgan fingerprint density at radius 3 is 2.63 bits per heavy atom. The van der Waals surface area contributed by atoms with Crippen molar-refractivity contribution in [1.82, 2.24) is 20.0 Å². The Morgan fingerprint density at radius 2 is 1.90 bits per heavy atom. The predicted octanol–water partition coefficient (Wildman–Crippen LogP) is 3.20. The summed E-state index contributed by atoms with van der Waals surface area (Å²) in [6.07, 6.45) is 0.843. The Hall–Kier alpha value is -2.96. The third-order valence-electron chi connectivity index (χ3n) is 5.25. The zero-order chi connectivity index (χ0) is 21.1. The minimum Gasteiger partial charge on any atom is -0.346 e. The largest absolute Gasteiger partial charge is 0.346 e. The van der Waals surface area contributed by atoms with Crippen LogP contribution in [-0.4, -0.2) is 39.7 Å². The number of carbonyl (C=O) groups excluding carboxylic acids is 1. The van der Waals surface area contributed by atoms with E-state index in [2.05, 4.69) is 27.4 Å². The van der Waals surface area contributed by atoms with Crippen molar-refractivity contribution < 1.29 is 4.79 Å². The molecule has 1 aromatic heterocycles. The van der Waals surface area contributed by atoms with Crippen LogP contribution in [0, 0.1) is 6.92 Å². The van der Waals surface area contributed by atoms with Crippen molar-refractivity contribution in [2.24, 2.45) is 0 Å². The highest BCUT2D eigenvalue weighted by molar-refractivity contribution is 6.30. The second-order valence-corrected chi connectivity index (χ2v) is 8.00. The Bertz CT molecular complexity index is 1100. The number of halogens is 1.